The van der Waals surface area contributed by atoms with Gasteiger partial charge < -0.3 is 27.6 Å². The van der Waals surface area contributed by atoms with Crippen LogP contribution in [0.1, 0.15) is 47.5 Å². The lowest BCUT2D eigenvalue weighted by Gasteiger charge is -2.31. The SMILES string of the molecule is CCOP(=O)(OCC)C(CCC(=O)OC(C)OC(=O)Cl)P(=O)(OCC)OCC. The second-order valence-electron chi connectivity index (χ2n) is 5.18. The Morgan fingerprint density at radius 2 is 1.21 bits per heavy atom. The van der Waals surface area contributed by atoms with E-state index in [1.807, 2.05) is 0 Å². The number of carbonyl (C=O) groups excluding carboxylic acids is 2. The Morgan fingerprint density at radius 1 is 0.821 bits per heavy atom. The largest absolute Gasteiger partial charge is 0.425 e. The fraction of sp³-hybridized carbons (Fsp3) is 0.867. The van der Waals surface area contributed by atoms with E-state index in [0.29, 0.717) is 0 Å². The van der Waals surface area contributed by atoms with Crippen molar-refractivity contribution in [1.29, 1.82) is 0 Å². The van der Waals surface area contributed by atoms with Crippen LogP contribution in [0.15, 0.2) is 0 Å². The first kappa shape index (κ1) is 27.5. The zero-order chi connectivity index (χ0) is 21.8. The molecule has 0 aliphatic carbocycles. The Kier molecular flexibility index (Phi) is 13.5. The van der Waals surface area contributed by atoms with E-state index in [1.54, 1.807) is 27.7 Å². The summed E-state index contributed by atoms with van der Waals surface area (Å²) in [6.07, 6.45) is -1.77. The number of halogens is 1. The molecular formula is C15H29ClO10P2. The van der Waals surface area contributed by atoms with Crippen LogP contribution in [0.5, 0.6) is 0 Å². The van der Waals surface area contributed by atoms with Crippen LogP contribution in [-0.4, -0.2) is 49.5 Å². The third-order valence-corrected chi connectivity index (χ3v) is 9.36. The Balaban J connectivity index is 5.55. The van der Waals surface area contributed by atoms with E-state index in [0.717, 1.165) is 0 Å². The summed E-state index contributed by atoms with van der Waals surface area (Å²) in [6.45, 7) is 7.82. The second kappa shape index (κ2) is 13.7. The summed E-state index contributed by atoms with van der Waals surface area (Å²) >= 11 is 5.05. The predicted octanol–water partition coefficient (Wildman–Crippen LogP) is 4.89. The van der Waals surface area contributed by atoms with E-state index in [-0.39, 0.29) is 39.3 Å². The monoisotopic (exact) mass is 466 g/mol. The van der Waals surface area contributed by atoms with Gasteiger partial charge in [-0.2, -0.15) is 0 Å². The average Bonchev–Trinajstić information content (AvgIpc) is 2.54. The van der Waals surface area contributed by atoms with Crippen molar-refractivity contribution in [2.24, 2.45) is 0 Å². The molecule has 0 saturated carbocycles. The molecule has 0 aromatic carbocycles. The Bertz CT molecular complexity index is 535. The van der Waals surface area contributed by atoms with Gasteiger partial charge >= 0.3 is 26.6 Å². The molecule has 0 aliphatic rings. The molecule has 0 saturated heterocycles. The zero-order valence-corrected chi connectivity index (χ0v) is 19.3. The number of ether oxygens (including phenoxy) is 2. The van der Waals surface area contributed by atoms with Crippen LogP contribution in [0.2, 0.25) is 0 Å². The highest BCUT2D eigenvalue weighted by molar-refractivity contribution is 7.72. The molecule has 0 amide bonds. The molecule has 10 nitrogen and oxygen atoms in total. The van der Waals surface area contributed by atoms with Crippen molar-refractivity contribution in [2.75, 3.05) is 26.4 Å². The van der Waals surface area contributed by atoms with Crippen molar-refractivity contribution in [1.82, 2.24) is 0 Å². The highest BCUT2D eigenvalue weighted by atomic mass is 35.5. The van der Waals surface area contributed by atoms with Crippen LogP contribution in [-0.2, 0) is 41.5 Å². The first-order chi connectivity index (χ1) is 13.1. The maximum Gasteiger partial charge on any atom is 0.406 e. The van der Waals surface area contributed by atoms with Gasteiger partial charge in [0.2, 0.25) is 6.29 Å². The smallest absolute Gasteiger partial charge is 0.406 e. The maximum absolute atomic E-state index is 13.3. The van der Waals surface area contributed by atoms with E-state index >= 15 is 0 Å². The van der Waals surface area contributed by atoms with Gasteiger partial charge in [0.1, 0.15) is 0 Å². The zero-order valence-electron chi connectivity index (χ0n) is 16.8. The van der Waals surface area contributed by atoms with Gasteiger partial charge in [-0.05, 0) is 34.1 Å². The van der Waals surface area contributed by atoms with Gasteiger partial charge in [0.05, 0.1) is 26.4 Å². The molecule has 1 atom stereocenters. The number of carbonyl (C=O) groups is 2. The van der Waals surface area contributed by atoms with E-state index < -0.39 is 38.3 Å². The summed E-state index contributed by atoms with van der Waals surface area (Å²) in [5.41, 5.74) is -1.13. The minimum atomic E-state index is -3.95. The normalized spacial score (nSPS) is 13.4. The molecule has 0 aromatic heterocycles. The topological polar surface area (TPSA) is 124 Å². The molecule has 0 radical (unpaired) electrons. The van der Waals surface area contributed by atoms with E-state index in [1.165, 1.54) is 6.92 Å². The van der Waals surface area contributed by atoms with Gasteiger partial charge in [0, 0.05) is 24.9 Å². The third kappa shape index (κ3) is 9.35. The van der Waals surface area contributed by atoms with Crippen LogP contribution < -0.4 is 0 Å². The standard InChI is InChI=1S/C15H29ClO10P2/c1-6-21-27(19,22-7-2)14(28(20,23-8-3)24-9-4)11-10-13(17)25-12(5)26-15(16)18/h12,14H,6-11H2,1-5H3. The molecule has 0 N–H and O–H groups in total. The molecule has 1 unspecified atom stereocenters. The maximum atomic E-state index is 13.3. The molecule has 0 heterocycles. The van der Waals surface area contributed by atoms with Gasteiger partial charge in [-0.25, -0.2) is 4.79 Å². The second-order valence-corrected chi connectivity index (χ2v) is 10.3. The summed E-state index contributed by atoms with van der Waals surface area (Å²) in [4.78, 5) is 22.7. The molecular weight excluding hydrogens is 438 g/mol. The van der Waals surface area contributed by atoms with E-state index in [4.69, 9.17) is 34.4 Å². The lowest BCUT2D eigenvalue weighted by atomic mass is 10.3. The van der Waals surface area contributed by atoms with Crippen LogP contribution in [0, 0.1) is 0 Å². The van der Waals surface area contributed by atoms with E-state index in [9.17, 15) is 18.7 Å². The molecule has 13 heteroatoms. The highest BCUT2D eigenvalue weighted by Crippen LogP contribution is 2.71. The van der Waals surface area contributed by atoms with Crippen molar-refractivity contribution in [2.45, 2.75) is 59.2 Å². The van der Waals surface area contributed by atoms with Crippen LogP contribution in [0.4, 0.5) is 4.79 Å². The van der Waals surface area contributed by atoms with Crippen molar-refractivity contribution in [3.05, 3.63) is 0 Å². The van der Waals surface area contributed by atoms with Gasteiger partial charge in [-0.1, -0.05) is 0 Å². The molecule has 28 heavy (non-hydrogen) atoms. The third-order valence-electron chi connectivity index (χ3n) is 3.13. The predicted molar refractivity (Wildman–Crippen MR) is 103 cm³/mol. The van der Waals surface area contributed by atoms with Crippen LogP contribution in [0.25, 0.3) is 0 Å². The fourth-order valence-corrected chi connectivity index (χ4v) is 7.75. The van der Waals surface area contributed by atoms with Crippen molar-refractivity contribution < 1.29 is 46.3 Å². The van der Waals surface area contributed by atoms with Crippen LogP contribution in [0.3, 0.4) is 0 Å². The summed E-state index contributed by atoms with van der Waals surface area (Å²) in [6, 6.07) is 0. The average molecular weight is 467 g/mol. The molecule has 0 aromatic rings. The summed E-state index contributed by atoms with van der Waals surface area (Å²) in [7, 11) is -7.90. The Labute approximate surface area is 170 Å². The van der Waals surface area contributed by atoms with Gasteiger partial charge in [-0.3, -0.25) is 13.9 Å². The van der Waals surface area contributed by atoms with Crippen LogP contribution >= 0.6 is 26.8 Å². The van der Waals surface area contributed by atoms with Gasteiger partial charge in [-0.15, -0.1) is 0 Å². The Morgan fingerprint density at radius 3 is 1.54 bits per heavy atom. The summed E-state index contributed by atoms with van der Waals surface area (Å²) in [5, 5.41) is -1.33. The minimum absolute atomic E-state index is 0.0270. The quantitative estimate of drug-likeness (QED) is 0.142. The highest BCUT2D eigenvalue weighted by Gasteiger charge is 2.50. The lowest BCUT2D eigenvalue weighted by molar-refractivity contribution is -0.163. The molecule has 166 valence electrons. The van der Waals surface area contributed by atoms with E-state index in [2.05, 4.69) is 4.74 Å². The van der Waals surface area contributed by atoms with Gasteiger partial charge in [0.15, 0.2) is 5.40 Å². The molecule has 0 spiro atoms. The van der Waals surface area contributed by atoms with Crippen molar-refractivity contribution in [3.8, 4) is 0 Å². The fourth-order valence-electron chi connectivity index (χ4n) is 2.27. The lowest BCUT2D eigenvalue weighted by Crippen LogP contribution is -2.22. The van der Waals surface area contributed by atoms with Crippen molar-refractivity contribution >= 4 is 38.2 Å². The minimum Gasteiger partial charge on any atom is -0.425 e. The first-order valence-corrected chi connectivity index (χ1v) is 12.5. The summed E-state index contributed by atoms with van der Waals surface area (Å²) in [5.74, 6) is -0.797. The Hall–Kier alpha value is -0.470. The van der Waals surface area contributed by atoms with Crippen molar-refractivity contribution in [3.63, 3.8) is 0 Å². The molecule has 0 fully saturated rings. The number of rotatable bonds is 15. The number of esters is 1. The molecule has 0 rings (SSSR count). The molecule has 0 bridgehead atoms. The summed E-state index contributed by atoms with van der Waals surface area (Å²) < 4.78 is 57.1. The number of hydrogen-bond acceptors (Lipinski definition) is 10. The number of hydrogen-bond donors (Lipinski definition) is 0. The first-order valence-electron chi connectivity index (χ1n) is 8.91. The van der Waals surface area contributed by atoms with Gasteiger partial charge in [0.25, 0.3) is 0 Å². The molecule has 0 aliphatic heterocycles.